The van der Waals surface area contributed by atoms with Crippen LogP contribution in [-0.4, -0.2) is 13.1 Å². The van der Waals surface area contributed by atoms with Gasteiger partial charge in [0.15, 0.2) is 0 Å². The van der Waals surface area contributed by atoms with E-state index in [1.54, 1.807) is 13.0 Å². The van der Waals surface area contributed by atoms with Crippen LogP contribution in [-0.2, 0) is 0 Å². The third-order valence-electron chi connectivity index (χ3n) is 2.96. The van der Waals surface area contributed by atoms with Gasteiger partial charge in [-0.2, -0.15) is 0 Å². The molecule has 0 spiro atoms. The van der Waals surface area contributed by atoms with E-state index in [0.29, 0.717) is 5.92 Å². The molecule has 1 aliphatic heterocycles. The Labute approximate surface area is 84.3 Å². The molecule has 1 fully saturated rings. The molecule has 0 radical (unpaired) electrons. The molecule has 76 valence electrons. The lowest BCUT2D eigenvalue weighted by molar-refractivity contribution is 0.459. The fourth-order valence-corrected chi connectivity index (χ4v) is 2.00. The van der Waals surface area contributed by atoms with Crippen LogP contribution in [0.2, 0.25) is 0 Å². The van der Waals surface area contributed by atoms with E-state index in [1.165, 1.54) is 12.8 Å². The van der Waals surface area contributed by atoms with E-state index < -0.39 is 0 Å². The quantitative estimate of drug-likeness (QED) is 0.723. The van der Waals surface area contributed by atoms with Crippen LogP contribution in [0.1, 0.15) is 29.9 Å². The molecule has 0 bridgehead atoms. The summed E-state index contributed by atoms with van der Waals surface area (Å²) in [6.07, 6.45) is 2.37. The normalized spacial score (nSPS) is 22.3. The predicted octanol–water partition coefficient (Wildman–Crippen LogP) is 2.60. The number of hydrogen-bond donors (Lipinski definition) is 1. The standard InChI is InChI=1S/C12H16FN/c1-9-4-5-10(7-12(9)13)11-3-2-6-14-8-11/h4-5,7,11,14H,2-3,6,8H2,1H3/t11-/m1/s1. The smallest absolute Gasteiger partial charge is 0.126 e. The van der Waals surface area contributed by atoms with Gasteiger partial charge >= 0.3 is 0 Å². The number of piperidine rings is 1. The van der Waals surface area contributed by atoms with Gasteiger partial charge in [0.05, 0.1) is 0 Å². The van der Waals surface area contributed by atoms with E-state index in [-0.39, 0.29) is 5.82 Å². The fraction of sp³-hybridized carbons (Fsp3) is 0.500. The molecule has 1 aromatic carbocycles. The second-order valence-electron chi connectivity index (χ2n) is 4.05. The van der Waals surface area contributed by atoms with Crippen LogP contribution in [0.25, 0.3) is 0 Å². The molecule has 0 saturated carbocycles. The minimum absolute atomic E-state index is 0.0759. The Morgan fingerprint density at radius 3 is 2.93 bits per heavy atom. The maximum atomic E-state index is 13.3. The van der Waals surface area contributed by atoms with Crippen molar-refractivity contribution < 1.29 is 4.39 Å². The summed E-state index contributed by atoms with van der Waals surface area (Å²) in [7, 11) is 0. The van der Waals surface area contributed by atoms with E-state index >= 15 is 0 Å². The van der Waals surface area contributed by atoms with Crippen molar-refractivity contribution in [1.29, 1.82) is 0 Å². The van der Waals surface area contributed by atoms with Gasteiger partial charge in [-0.1, -0.05) is 12.1 Å². The molecule has 14 heavy (non-hydrogen) atoms. The minimum atomic E-state index is -0.0759. The third kappa shape index (κ3) is 1.95. The van der Waals surface area contributed by atoms with E-state index in [0.717, 1.165) is 24.2 Å². The van der Waals surface area contributed by atoms with E-state index in [1.807, 2.05) is 6.07 Å². The van der Waals surface area contributed by atoms with Crippen LogP contribution in [0, 0.1) is 12.7 Å². The van der Waals surface area contributed by atoms with Gasteiger partial charge in [-0.3, -0.25) is 0 Å². The summed E-state index contributed by atoms with van der Waals surface area (Å²) < 4.78 is 13.3. The van der Waals surface area contributed by atoms with Crippen molar-refractivity contribution in [2.24, 2.45) is 0 Å². The van der Waals surface area contributed by atoms with Crippen LogP contribution < -0.4 is 5.32 Å². The highest BCUT2D eigenvalue weighted by atomic mass is 19.1. The Morgan fingerprint density at radius 1 is 1.43 bits per heavy atom. The summed E-state index contributed by atoms with van der Waals surface area (Å²) in [5.74, 6) is 0.423. The van der Waals surface area contributed by atoms with Gasteiger partial charge in [-0.15, -0.1) is 0 Å². The fourth-order valence-electron chi connectivity index (χ4n) is 2.00. The molecule has 1 atom stereocenters. The summed E-state index contributed by atoms with van der Waals surface area (Å²) in [6, 6.07) is 5.61. The number of benzene rings is 1. The molecule has 1 saturated heterocycles. The number of nitrogens with one attached hydrogen (secondary N) is 1. The Morgan fingerprint density at radius 2 is 2.29 bits per heavy atom. The number of aryl methyl sites for hydroxylation is 1. The van der Waals surface area contributed by atoms with Crippen molar-refractivity contribution in [2.75, 3.05) is 13.1 Å². The van der Waals surface area contributed by atoms with Crippen LogP contribution in [0.5, 0.6) is 0 Å². The molecule has 0 amide bonds. The molecule has 2 heteroatoms. The molecule has 0 unspecified atom stereocenters. The summed E-state index contributed by atoms with van der Waals surface area (Å²) >= 11 is 0. The largest absolute Gasteiger partial charge is 0.316 e. The van der Waals surface area contributed by atoms with Crippen molar-refractivity contribution in [3.05, 3.63) is 35.1 Å². The first kappa shape index (κ1) is 9.66. The van der Waals surface area contributed by atoms with Gasteiger partial charge in [0.1, 0.15) is 5.82 Å². The minimum Gasteiger partial charge on any atom is -0.316 e. The summed E-state index contributed by atoms with van der Waals surface area (Å²) in [4.78, 5) is 0. The molecule has 1 heterocycles. The monoisotopic (exact) mass is 193 g/mol. The molecule has 1 aliphatic rings. The number of hydrogen-bond acceptors (Lipinski definition) is 1. The second-order valence-corrected chi connectivity index (χ2v) is 4.05. The van der Waals surface area contributed by atoms with Gasteiger partial charge in [0.25, 0.3) is 0 Å². The molecule has 1 nitrogen and oxygen atoms in total. The van der Waals surface area contributed by atoms with Crippen molar-refractivity contribution in [2.45, 2.75) is 25.7 Å². The average Bonchev–Trinajstić information content (AvgIpc) is 2.23. The molecule has 0 aromatic heterocycles. The van der Waals surface area contributed by atoms with Gasteiger partial charge in [-0.05, 0) is 49.4 Å². The molecule has 1 N–H and O–H groups in total. The Kier molecular flexibility index (Phi) is 2.82. The first-order valence-electron chi connectivity index (χ1n) is 5.24. The van der Waals surface area contributed by atoms with Gasteiger partial charge in [0.2, 0.25) is 0 Å². The Bertz CT molecular complexity index is 316. The lowest BCUT2D eigenvalue weighted by Gasteiger charge is -2.23. The first-order chi connectivity index (χ1) is 6.77. The molecular weight excluding hydrogens is 177 g/mol. The zero-order valence-electron chi connectivity index (χ0n) is 8.52. The molecular formula is C12H16FN. The molecule has 2 rings (SSSR count). The highest BCUT2D eigenvalue weighted by molar-refractivity contribution is 5.26. The van der Waals surface area contributed by atoms with Gasteiger partial charge < -0.3 is 5.32 Å². The van der Waals surface area contributed by atoms with E-state index in [2.05, 4.69) is 11.4 Å². The number of rotatable bonds is 1. The highest BCUT2D eigenvalue weighted by Crippen LogP contribution is 2.24. The zero-order chi connectivity index (χ0) is 9.97. The van der Waals surface area contributed by atoms with Gasteiger partial charge in [0, 0.05) is 6.54 Å². The lowest BCUT2D eigenvalue weighted by Crippen LogP contribution is -2.28. The second kappa shape index (κ2) is 4.09. The van der Waals surface area contributed by atoms with Crippen molar-refractivity contribution >= 4 is 0 Å². The maximum absolute atomic E-state index is 13.3. The lowest BCUT2D eigenvalue weighted by atomic mass is 9.91. The Hall–Kier alpha value is -0.890. The summed E-state index contributed by atoms with van der Waals surface area (Å²) in [6.45, 7) is 3.89. The molecule has 0 aliphatic carbocycles. The van der Waals surface area contributed by atoms with Crippen LogP contribution in [0.15, 0.2) is 18.2 Å². The van der Waals surface area contributed by atoms with Crippen LogP contribution >= 0.6 is 0 Å². The average molecular weight is 193 g/mol. The van der Waals surface area contributed by atoms with E-state index in [4.69, 9.17) is 0 Å². The predicted molar refractivity (Wildman–Crippen MR) is 56.0 cm³/mol. The van der Waals surface area contributed by atoms with Crippen molar-refractivity contribution in [1.82, 2.24) is 5.32 Å². The summed E-state index contributed by atoms with van der Waals surface area (Å²) in [5, 5.41) is 3.34. The third-order valence-corrected chi connectivity index (χ3v) is 2.96. The van der Waals surface area contributed by atoms with E-state index in [9.17, 15) is 4.39 Å². The summed E-state index contributed by atoms with van der Waals surface area (Å²) in [5.41, 5.74) is 1.87. The van der Waals surface area contributed by atoms with Crippen molar-refractivity contribution in [3.63, 3.8) is 0 Å². The molecule has 1 aromatic rings. The highest BCUT2D eigenvalue weighted by Gasteiger charge is 2.15. The van der Waals surface area contributed by atoms with Gasteiger partial charge in [-0.25, -0.2) is 4.39 Å². The number of halogens is 1. The first-order valence-corrected chi connectivity index (χ1v) is 5.24. The SMILES string of the molecule is Cc1ccc([C@@H]2CCCNC2)cc1F. The topological polar surface area (TPSA) is 12.0 Å². The Balaban J connectivity index is 2.18. The maximum Gasteiger partial charge on any atom is 0.126 e. The zero-order valence-corrected chi connectivity index (χ0v) is 8.52. The van der Waals surface area contributed by atoms with Crippen molar-refractivity contribution in [3.8, 4) is 0 Å². The van der Waals surface area contributed by atoms with Crippen LogP contribution in [0.3, 0.4) is 0 Å². The van der Waals surface area contributed by atoms with Crippen LogP contribution in [0.4, 0.5) is 4.39 Å².